The molecule has 0 aliphatic carbocycles. The molecular formula is C17H25N5OS. The Kier molecular flexibility index (Phi) is 5.87. The molecule has 1 aliphatic rings. The third-order valence-electron chi connectivity index (χ3n) is 4.57. The molecule has 6 nitrogen and oxygen atoms in total. The van der Waals surface area contributed by atoms with Crippen LogP contribution in [0.25, 0.3) is 0 Å². The van der Waals surface area contributed by atoms with Crippen molar-refractivity contribution in [2.75, 3.05) is 19.6 Å². The lowest BCUT2D eigenvalue weighted by Gasteiger charge is -2.31. The second-order valence-electron chi connectivity index (χ2n) is 6.31. The maximum Gasteiger partial charge on any atom is 0.315 e. The fourth-order valence-corrected chi connectivity index (χ4v) is 3.76. The van der Waals surface area contributed by atoms with Gasteiger partial charge in [-0.25, -0.2) is 4.79 Å². The Morgan fingerprint density at radius 2 is 2.17 bits per heavy atom. The zero-order valence-electron chi connectivity index (χ0n) is 14.1. The van der Waals surface area contributed by atoms with Gasteiger partial charge in [0.15, 0.2) is 0 Å². The second kappa shape index (κ2) is 8.30. The molecule has 1 saturated heterocycles. The molecule has 1 fully saturated rings. The second-order valence-corrected chi connectivity index (χ2v) is 7.34. The van der Waals surface area contributed by atoms with Crippen molar-refractivity contribution < 1.29 is 4.79 Å². The molecule has 2 aromatic heterocycles. The molecule has 0 bridgehead atoms. The van der Waals surface area contributed by atoms with Gasteiger partial charge in [-0.3, -0.25) is 9.58 Å². The van der Waals surface area contributed by atoms with Crippen LogP contribution in [0.5, 0.6) is 0 Å². The Hall–Kier alpha value is -1.86. The van der Waals surface area contributed by atoms with E-state index in [0.29, 0.717) is 12.5 Å². The fourth-order valence-electron chi connectivity index (χ4n) is 3.02. The molecule has 2 aromatic rings. The van der Waals surface area contributed by atoms with E-state index in [1.165, 1.54) is 4.88 Å². The standard InChI is InChI=1S/C17H25N5OS/c1-21-15(4-7-20-21)12-19-17(23)18-11-14-5-8-22(9-6-14)13-16-3-2-10-24-16/h2-4,7,10,14H,5-6,8-9,11-13H2,1H3,(H2,18,19,23). The summed E-state index contributed by atoms with van der Waals surface area (Å²) in [5, 5.41) is 12.1. The van der Waals surface area contributed by atoms with Crippen LogP contribution in [0.3, 0.4) is 0 Å². The number of urea groups is 1. The number of aromatic nitrogens is 2. The van der Waals surface area contributed by atoms with Crippen LogP contribution in [0.15, 0.2) is 29.8 Å². The summed E-state index contributed by atoms with van der Waals surface area (Å²) in [6.45, 7) is 4.54. The number of rotatable bonds is 6. The minimum atomic E-state index is -0.0998. The highest BCUT2D eigenvalue weighted by Crippen LogP contribution is 2.20. The number of aryl methyl sites for hydroxylation is 1. The first-order chi connectivity index (χ1) is 11.7. The third-order valence-corrected chi connectivity index (χ3v) is 5.43. The number of nitrogens with one attached hydrogen (secondary N) is 2. The number of nitrogens with zero attached hydrogens (tertiary/aromatic N) is 3. The number of amides is 2. The molecular weight excluding hydrogens is 322 g/mol. The van der Waals surface area contributed by atoms with E-state index < -0.39 is 0 Å². The van der Waals surface area contributed by atoms with Crippen LogP contribution < -0.4 is 10.6 Å². The Labute approximate surface area is 146 Å². The highest BCUT2D eigenvalue weighted by molar-refractivity contribution is 7.09. The molecule has 0 saturated carbocycles. The van der Waals surface area contributed by atoms with Crippen LogP contribution in [0.2, 0.25) is 0 Å². The summed E-state index contributed by atoms with van der Waals surface area (Å²) in [6, 6.07) is 6.12. The van der Waals surface area contributed by atoms with Gasteiger partial charge in [-0.15, -0.1) is 11.3 Å². The van der Waals surface area contributed by atoms with Crippen molar-refractivity contribution in [3.63, 3.8) is 0 Å². The van der Waals surface area contributed by atoms with Crippen molar-refractivity contribution in [1.29, 1.82) is 0 Å². The lowest BCUT2D eigenvalue weighted by Crippen LogP contribution is -2.41. The zero-order valence-corrected chi connectivity index (χ0v) is 14.9. The molecule has 0 aromatic carbocycles. The lowest BCUT2D eigenvalue weighted by molar-refractivity contribution is 0.176. The first-order valence-electron chi connectivity index (χ1n) is 8.44. The van der Waals surface area contributed by atoms with Crippen LogP contribution >= 0.6 is 11.3 Å². The van der Waals surface area contributed by atoms with Crippen molar-refractivity contribution in [3.05, 3.63) is 40.3 Å². The molecule has 1 aliphatic heterocycles. The van der Waals surface area contributed by atoms with Crippen molar-refractivity contribution in [2.45, 2.75) is 25.9 Å². The Morgan fingerprint density at radius 1 is 1.33 bits per heavy atom. The topological polar surface area (TPSA) is 62.2 Å². The van der Waals surface area contributed by atoms with Gasteiger partial charge in [-0.1, -0.05) is 6.07 Å². The van der Waals surface area contributed by atoms with Crippen molar-refractivity contribution in [1.82, 2.24) is 25.3 Å². The molecule has 24 heavy (non-hydrogen) atoms. The van der Waals surface area contributed by atoms with Gasteiger partial charge in [0.1, 0.15) is 0 Å². The molecule has 0 radical (unpaired) electrons. The molecule has 7 heteroatoms. The van der Waals surface area contributed by atoms with E-state index in [4.69, 9.17) is 0 Å². The summed E-state index contributed by atoms with van der Waals surface area (Å²) in [6.07, 6.45) is 4.03. The van der Waals surface area contributed by atoms with E-state index in [9.17, 15) is 4.79 Å². The van der Waals surface area contributed by atoms with E-state index in [1.54, 1.807) is 10.9 Å². The highest BCUT2D eigenvalue weighted by Gasteiger charge is 2.19. The van der Waals surface area contributed by atoms with Gasteiger partial charge >= 0.3 is 6.03 Å². The average Bonchev–Trinajstić information content (AvgIpc) is 3.24. The average molecular weight is 347 g/mol. The zero-order chi connectivity index (χ0) is 16.8. The number of hydrogen-bond acceptors (Lipinski definition) is 4. The Morgan fingerprint density at radius 3 is 2.83 bits per heavy atom. The van der Waals surface area contributed by atoms with E-state index >= 15 is 0 Å². The first-order valence-corrected chi connectivity index (χ1v) is 9.32. The van der Waals surface area contributed by atoms with Gasteiger partial charge < -0.3 is 10.6 Å². The minimum Gasteiger partial charge on any atom is -0.338 e. The van der Waals surface area contributed by atoms with Gasteiger partial charge in [0.2, 0.25) is 0 Å². The van der Waals surface area contributed by atoms with Gasteiger partial charge in [0.25, 0.3) is 0 Å². The van der Waals surface area contributed by atoms with E-state index in [-0.39, 0.29) is 6.03 Å². The summed E-state index contributed by atoms with van der Waals surface area (Å²) in [5.74, 6) is 0.576. The maximum absolute atomic E-state index is 11.9. The van der Waals surface area contributed by atoms with Crippen LogP contribution in [-0.4, -0.2) is 40.3 Å². The van der Waals surface area contributed by atoms with E-state index in [0.717, 1.165) is 44.7 Å². The Balaban J connectivity index is 1.31. The summed E-state index contributed by atoms with van der Waals surface area (Å²) < 4.78 is 1.77. The normalized spacial score (nSPS) is 16.2. The molecule has 0 unspecified atom stereocenters. The van der Waals surface area contributed by atoms with Crippen molar-refractivity contribution >= 4 is 17.4 Å². The monoisotopic (exact) mass is 347 g/mol. The summed E-state index contributed by atoms with van der Waals surface area (Å²) in [5.41, 5.74) is 0.993. The SMILES string of the molecule is Cn1nccc1CNC(=O)NCC1CCN(Cc2cccs2)CC1. The van der Waals surface area contributed by atoms with E-state index in [1.807, 2.05) is 24.5 Å². The number of hydrogen-bond donors (Lipinski definition) is 2. The fraction of sp³-hybridized carbons (Fsp3) is 0.529. The van der Waals surface area contributed by atoms with Gasteiger partial charge in [0, 0.05) is 31.2 Å². The number of likely N-dealkylation sites (tertiary alicyclic amines) is 1. The van der Waals surface area contributed by atoms with Crippen LogP contribution in [0, 0.1) is 5.92 Å². The predicted molar refractivity (Wildman–Crippen MR) is 95.8 cm³/mol. The summed E-state index contributed by atoms with van der Waals surface area (Å²) in [7, 11) is 1.87. The van der Waals surface area contributed by atoms with Crippen LogP contribution in [-0.2, 0) is 20.1 Å². The van der Waals surface area contributed by atoms with Crippen LogP contribution in [0.4, 0.5) is 4.79 Å². The molecule has 3 rings (SSSR count). The largest absolute Gasteiger partial charge is 0.338 e. The number of carbonyl (C=O) groups is 1. The molecule has 3 heterocycles. The predicted octanol–water partition coefficient (Wildman–Crippen LogP) is 2.19. The van der Waals surface area contributed by atoms with Gasteiger partial charge in [-0.2, -0.15) is 5.10 Å². The quantitative estimate of drug-likeness (QED) is 0.842. The molecule has 130 valence electrons. The number of thiophene rings is 1. The Bertz CT molecular complexity index is 631. The smallest absolute Gasteiger partial charge is 0.315 e. The highest BCUT2D eigenvalue weighted by atomic mass is 32.1. The van der Waals surface area contributed by atoms with Crippen molar-refractivity contribution in [3.8, 4) is 0 Å². The molecule has 0 atom stereocenters. The van der Waals surface area contributed by atoms with Gasteiger partial charge in [-0.05, 0) is 49.4 Å². The molecule has 0 spiro atoms. The van der Waals surface area contributed by atoms with Crippen LogP contribution in [0.1, 0.15) is 23.4 Å². The number of piperidine rings is 1. The maximum atomic E-state index is 11.9. The lowest BCUT2D eigenvalue weighted by atomic mass is 9.97. The summed E-state index contributed by atoms with van der Waals surface area (Å²) in [4.78, 5) is 15.8. The third kappa shape index (κ3) is 4.82. The first kappa shape index (κ1) is 17.0. The van der Waals surface area contributed by atoms with Crippen molar-refractivity contribution in [2.24, 2.45) is 13.0 Å². The molecule has 2 amide bonds. The summed E-state index contributed by atoms with van der Waals surface area (Å²) >= 11 is 1.82. The van der Waals surface area contributed by atoms with Gasteiger partial charge in [0.05, 0.1) is 12.2 Å². The molecule has 2 N–H and O–H groups in total. The van der Waals surface area contributed by atoms with E-state index in [2.05, 4.69) is 38.1 Å². The minimum absolute atomic E-state index is 0.0998. The number of carbonyl (C=O) groups excluding carboxylic acids is 1.